The molecule has 0 spiro atoms. The van der Waals surface area contributed by atoms with E-state index in [2.05, 4.69) is 42.0 Å². The van der Waals surface area contributed by atoms with Crippen molar-refractivity contribution in [3.05, 3.63) is 53.0 Å². The predicted octanol–water partition coefficient (Wildman–Crippen LogP) is 3.62. The molecule has 0 saturated heterocycles. The molecule has 100 valence electrons. The van der Waals surface area contributed by atoms with Crippen LogP contribution in [0.25, 0.3) is 0 Å². The van der Waals surface area contributed by atoms with Crippen molar-refractivity contribution in [2.45, 2.75) is 25.6 Å². The minimum atomic E-state index is -0.0982. The Bertz CT molecular complexity index is 572. The SMILES string of the molecule is COc1cc(CC(Cl)c2ccc(C)c(C)c2)ncn1. The summed E-state index contributed by atoms with van der Waals surface area (Å²) in [6.07, 6.45) is 2.15. The fourth-order valence-corrected chi connectivity index (χ4v) is 2.16. The van der Waals surface area contributed by atoms with Gasteiger partial charge in [-0.05, 0) is 30.5 Å². The van der Waals surface area contributed by atoms with Gasteiger partial charge >= 0.3 is 0 Å². The van der Waals surface area contributed by atoms with Crippen LogP contribution < -0.4 is 4.74 Å². The quantitative estimate of drug-likeness (QED) is 0.800. The number of hydrogen-bond acceptors (Lipinski definition) is 3. The number of halogens is 1. The first-order valence-corrected chi connectivity index (χ1v) is 6.60. The van der Waals surface area contributed by atoms with Gasteiger partial charge in [0.1, 0.15) is 6.33 Å². The summed E-state index contributed by atoms with van der Waals surface area (Å²) in [6.45, 7) is 4.19. The molecule has 0 radical (unpaired) electrons. The van der Waals surface area contributed by atoms with Crippen molar-refractivity contribution in [1.82, 2.24) is 9.97 Å². The number of ether oxygens (including phenoxy) is 1. The largest absolute Gasteiger partial charge is 0.481 e. The van der Waals surface area contributed by atoms with Crippen molar-refractivity contribution >= 4 is 11.6 Å². The van der Waals surface area contributed by atoms with Crippen LogP contribution in [0.3, 0.4) is 0 Å². The minimum Gasteiger partial charge on any atom is -0.481 e. The number of aromatic nitrogens is 2. The molecule has 1 aromatic heterocycles. The van der Waals surface area contributed by atoms with E-state index in [9.17, 15) is 0 Å². The third-order valence-corrected chi connectivity index (χ3v) is 3.60. The van der Waals surface area contributed by atoms with E-state index in [1.165, 1.54) is 17.5 Å². The second kappa shape index (κ2) is 6.02. The van der Waals surface area contributed by atoms with E-state index in [0.717, 1.165) is 11.3 Å². The summed E-state index contributed by atoms with van der Waals surface area (Å²) in [5.41, 5.74) is 4.52. The Hall–Kier alpha value is -1.61. The lowest BCUT2D eigenvalue weighted by molar-refractivity contribution is 0.396. The third kappa shape index (κ3) is 3.44. The van der Waals surface area contributed by atoms with Crippen LogP contribution in [0.1, 0.15) is 27.8 Å². The highest BCUT2D eigenvalue weighted by atomic mass is 35.5. The van der Waals surface area contributed by atoms with Gasteiger partial charge in [-0.15, -0.1) is 11.6 Å². The van der Waals surface area contributed by atoms with Crippen molar-refractivity contribution < 1.29 is 4.74 Å². The molecule has 0 saturated carbocycles. The van der Waals surface area contributed by atoms with E-state index in [0.29, 0.717) is 12.3 Å². The van der Waals surface area contributed by atoms with Crippen LogP contribution in [-0.2, 0) is 6.42 Å². The molecule has 0 fully saturated rings. The number of methoxy groups -OCH3 is 1. The first kappa shape index (κ1) is 13.8. The van der Waals surface area contributed by atoms with Crippen molar-refractivity contribution in [3.8, 4) is 5.88 Å². The molecular formula is C15H17ClN2O. The Morgan fingerprint density at radius 2 is 1.95 bits per heavy atom. The van der Waals surface area contributed by atoms with E-state index in [-0.39, 0.29) is 5.38 Å². The zero-order valence-corrected chi connectivity index (χ0v) is 12.1. The maximum absolute atomic E-state index is 6.46. The molecule has 1 unspecified atom stereocenters. The summed E-state index contributed by atoms with van der Waals surface area (Å²) in [5, 5.41) is -0.0982. The second-order valence-corrected chi connectivity index (χ2v) is 5.09. The summed E-state index contributed by atoms with van der Waals surface area (Å²) < 4.78 is 5.08. The number of benzene rings is 1. The van der Waals surface area contributed by atoms with Gasteiger partial charge in [-0.2, -0.15) is 0 Å². The summed E-state index contributed by atoms with van der Waals surface area (Å²) in [6, 6.07) is 8.11. The average Bonchev–Trinajstić information content (AvgIpc) is 2.42. The number of alkyl halides is 1. The molecule has 0 N–H and O–H groups in total. The molecule has 19 heavy (non-hydrogen) atoms. The fraction of sp³-hybridized carbons (Fsp3) is 0.333. The van der Waals surface area contributed by atoms with Gasteiger partial charge in [-0.3, -0.25) is 0 Å². The Morgan fingerprint density at radius 3 is 2.63 bits per heavy atom. The Morgan fingerprint density at radius 1 is 1.16 bits per heavy atom. The highest BCUT2D eigenvalue weighted by Crippen LogP contribution is 2.26. The molecule has 2 rings (SSSR count). The highest BCUT2D eigenvalue weighted by molar-refractivity contribution is 6.20. The molecular weight excluding hydrogens is 260 g/mol. The standard InChI is InChI=1S/C15H17ClN2O/c1-10-4-5-12(6-11(10)2)14(16)7-13-8-15(19-3)18-9-17-13/h4-6,8-9,14H,7H2,1-3H3. The molecule has 0 aliphatic carbocycles. The molecule has 1 heterocycles. The fourth-order valence-electron chi connectivity index (χ4n) is 1.86. The molecule has 4 heteroatoms. The van der Waals surface area contributed by atoms with Crippen LogP contribution >= 0.6 is 11.6 Å². The number of aryl methyl sites for hydroxylation is 2. The van der Waals surface area contributed by atoms with Crippen LogP contribution in [-0.4, -0.2) is 17.1 Å². The van der Waals surface area contributed by atoms with Crippen molar-refractivity contribution in [2.75, 3.05) is 7.11 Å². The first-order valence-electron chi connectivity index (χ1n) is 6.16. The minimum absolute atomic E-state index is 0.0982. The first-order chi connectivity index (χ1) is 9.10. The van der Waals surface area contributed by atoms with Crippen molar-refractivity contribution in [2.24, 2.45) is 0 Å². The van der Waals surface area contributed by atoms with Crippen LogP contribution in [0, 0.1) is 13.8 Å². The maximum atomic E-state index is 6.46. The Kier molecular flexibility index (Phi) is 4.38. The second-order valence-electron chi connectivity index (χ2n) is 4.57. The van der Waals surface area contributed by atoms with Crippen molar-refractivity contribution in [3.63, 3.8) is 0 Å². The molecule has 1 atom stereocenters. The van der Waals surface area contributed by atoms with E-state index < -0.39 is 0 Å². The lowest BCUT2D eigenvalue weighted by atomic mass is 10.0. The molecule has 0 aliphatic rings. The number of rotatable bonds is 4. The van der Waals surface area contributed by atoms with Gasteiger partial charge in [-0.1, -0.05) is 18.2 Å². The molecule has 1 aromatic carbocycles. The maximum Gasteiger partial charge on any atom is 0.216 e. The zero-order valence-electron chi connectivity index (χ0n) is 11.4. The van der Waals surface area contributed by atoms with E-state index >= 15 is 0 Å². The van der Waals surface area contributed by atoms with Crippen molar-refractivity contribution in [1.29, 1.82) is 0 Å². The monoisotopic (exact) mass is 276 g/mol. The van der Waals surface area contributed by atoms with Gasteiger partial charge in [0.05, 0.1) is 12.5 Å². The summed E-state index contributed by atoms with van der Waals surface area (Å²) in [4.78, 5) is 8.20. The molecule has 3 nitrogen and oxygen atoms in total. The molecule has 0 aliphatic heterocycles. The van der Waals surface area contributed by atoms with Gasteiger partial charge in [0.15, 0.2) is 0 Å². The Balaban J connectivity index is 2.15. The zero-order chi connectivity index (χ0) is 13.8. The Labute approximate surface area is 118 Å². The highest BCUT2D eigenvalue weighted by Gasteiger charge is 2.11. The van der Waals surface area contributed by atoms with E-state index in [1.54, 1.807) is 7.11 Å². The normalized spacial score (nSPS) is 12.2. The molecule has 0 amide bonds. The number of nitrogens with zero attached hydrogens (tertiary/aromatic N) is 2. The van der Waals surface area contributed by atoms with Crippen LogP contribution in [0.4, 0.5) is 0 Å². The van der Waals surface area contributed by atoms with Crippen LogP contribution in [0.15, 0.2) is 30.6 Å². The van der Waals surface area contributed by atoms with Crippen LogP contribution in [0.5, 0.6) is 5.88 Å². The third-order valence-electron chi connectivity index (χ3n) is 3.19. The van der Waals surface area contributed by atoms with Gasteiger partial charge in [0, 0.05) is 18.2 Å². The smallest absolute Gasteiger partial charge is 0.216 e. The van der Waals surface area contributed by atoms with E-state index in [1.807, 2.05) is 6.07 Å². The lowest BCUT2D eigenvalue weighted by Crippen LogP contribution is -2.00. The van der Waals surface area contributed by atoms with Gasteiger partial charge in [0.2, 0.25) is 5.88 Å². The predicted molar refractivity (Wildman–Crippen MR) is 76.8 cm³/mol. The average molecular weight is 277 g/mol. The number of hydrogen-bond donors (Lipinski definition) is 0. The van der Waals surface area contributed by atoms with Crippen LogP contribution in [0.2, 0.25) is 0 Å². The summed E-state index contributed by atoms with van der Waals surface area (Å²) in [7, 11) is 1.59. The topological polar surface area (TPSA) is 35.0 Å². The van der Waals surface area contributed by atoms with E-state index in [4.69, 9.17) is 16.3 Å². The van der Waals surface area contributed by atoms with Gasteiger partial charge < -0.3 is 4.74 Å². The molecule has 2 aromatic rings. The summed E-state index contributed by atoms with van der Waals surface area (Å²) in [5.74, 6) is 0.564. The van der Waals surface area contributed by atoms with Gasteiger partial charge in [-0.25, -0.2) is 9.97 Å². The lowest BCUT2D eigenvalue weighted by Gasteiger charge is -2.11. The summed E-state index contributed by atoms with van der Waals surface area (Å²) >= 11 is 6.46. The van der Waals surface area contributed by atoms with Gasteiger partial charge in [0.25, 0.3) is 0 Å². The molecule has 0 bridgehead atoms.